The summed E-state index contributed by atoms with van der Waals surface area (Å²) in [5.41, 5.74) is 2.56. The van der Waals surface area contributed by atoms with Crippen molar-refractivity contribution in [2.24, 2.45) is 0 Å². The van der Waals surface area contributed by atoms with Gasteiger partial charge in [0.15, 0.2) is 5.88 Å². The number of hydrogen-bond donors (Lipinski definition) is 3. The van der Waals surface area contributed by atoms with Gasteiger partial charge in [0.2, 0.25) is 5.91 Å². The maximum Gasteiger partial charge on any atom is 0.259 e. The molecule has 0 saturated carbocycles. The van der Waals surface area contributed by atoms with Gasteiger partial charge in [-0.1, -0.05) is 48.6 Å². The van der Waals surface area contributed by atoms with Gasteiger partial charge in [-0.15, -0.1) is 0 Å². The minimum atomic E-state index is -0.855. The molecule has 0 saturated heterocycles. The standard InChI is InChI=1S/C21H20FN3O3S/c1-13(26)25-11-10-14-6-2-3-7-15(14)19(25)18(20(27)23-12-29)21(28)24-17-9-5-4-8-16(17)22/h2-9,12,19,27H,10-11H2,1H3,(H,23,29)(H,24,28)/b20-18+/t19-/m0/s1. The van der Waals surface area contributed by atoms with Crippen molar-refractivity contribution in [3.05, 3.63) is 76.9 Å². The van der Waals surface area contributed by atoms with E-state index in [2.05, 4.69) is 10.6 Å². The Morgan fingerprint density at radius 1 is 1.21 bits per heavy atom. The number of aliphatic hydroxyl groups excluding tert-OH is 1. The molecule has 1 heterocycles. The van der Waals surface area contributed by atoms with Crippen molar-refractivity contribution >= 4 is 35.2 Å². The molecule has 2 amide bonds. The first-order chi connectivity index (χ1) is 13.9. The fourth-order valence-corrected chi connectivity index (χ4v) is 3.58. The number of hydrogen-bond acceptors (Lipinski definition) is 4. The van der Waals surface area contributed by atoms with Gasteiger partial charge in [0.25, 0.3) is 5.91 Å². The Hall–Kier alpha value is -3.26. The third-order valence-corrected chi connectivity index (χ3v) is 4.90. The molecule has 0 aliphatic carbocycles. The van der Waals surface area contributed by atoms with Crippen molar-refractivity contribution in [2.45, 2.75) is 19.4 Å². The molecule has 1 aliphatic rings. The van der Waals surface area contributed by atoms with Crippen LogP contribution in [0.4, 0.5) is 10.1 Å². The molecular formula is C21H20FN3O3S. The van der Waals surface area contributed by atoms with Crippen LogP contribution in [0.2, 0.25) is 0 Å². The van der Waals surface area contributed by atoms with E-state index in [-0.39, 0.29) is 17.2 Å². The summed E-state index contributed by atoms with van der Waals surface area (Å²) in [5.74, 6) is -2.11. The van der Waals surface area contributed by atoms with Crippen LogP contribution in [0, 0.1) is 5.82 Å². The summed E-state index contributed by atoms with van der Waals surface area (Å²) in [4.78, 5) is 27.0. The molecule has 8 heteroatoms. The largest absolute Gasteiger partial charge is 0.494 e. The first-order valence-corrected chi connectivity index (χ1v) is 9.45. The number of nitrogens with zero attached hydrogens (tertiary/aromatic N) is 1. The van der Waals surface area contributed by atoms with Crippen LogP contribution in [0.1, 0.15) is 24.1 Å². The predicted octanol–water partition coefficient (Wildman–Crippen LogP) is 3.23. The molecule has 1 atom stereocenters. The second-order valence-electron chi connectivity index (χ2n) is 6.52. The Morgan fingerprint density at radius 3 is 2.59 bits per heavy atom. The summed E-state index contributed by atoms with van der Waals surface area (Å²) in [5, 5.41) is 15.5. The highest BCUT2D eigenvalue weighted by atomic mass is 32.1. The molecule has 0 aromatic heterocycles. The number of benzene rings is 2. The highest BCUT2D eigenvalue weighted by Gasteiger charge is 2.37. The van der Waals surface area contributed by atoms with Crippen molar-refractivity contribution in [3.63, 3.8) is 0 Å². The first kappa shape index (κ1) is 20.5. The van der Waals surface area contributed by atoms with Gasteiger partial charge in [-0.05, 0) is 29.7 Å². The number of nitrogens with one attached hydrogen (secondary N) is 2. The molecule has 150 valence electrons. The average molecular weight is 413 g/mol. The average Bonchev–Trinajstić information content (AvgIpc) is 2.70. The lowest BCUT2D eigenvalue weighted by atomic mass is 9.87. The number of halogens is 1. The van der Waals surface area contributed by atoms with Gasteiger partial charge in [0.1, 0.15) is 11.4 Å². The van der Waals surface area contributed by atoms with Gasteiger partial charge >= 0.3 is 0 Å². The number of aliphatic hydroxyl groups is 1. The molecule has 3 N–H and O–H groups in total. The minimum absolute atomic E-state index is 0.0383. The number of fused-ring (bicyclic) bond motifs is 1. The van der Waals surface area contributed by atoms with Crippen LogP contribution in [0.15, 0.2) is 60.0 Å². The van der Waals surface area contributed by atoms with E-state index in [0.717, 1.165) is 11.1 Å². The van der Waals surface area contributed by atoms with Gasteiger partial charge in [-0.25, -0.2) is 4.39 Å². The second kappa shape index (κ2) is 8.83. The van der Waals surface area contributed by atoms with E-state index in [0.29, 0.717) is 18.5 Å². The van der Waals surface area contributed by atoms with E-state index < -0.39 is 23.6 Å². The van der Waals surface area contributed by atoms with Crippen LogP contribution in [0.5, 0.6) is 0 Å². The molecule has 0 bridgehead atoms. The lowest BCUT2D eigenvalue weighted by molar-refractivity contribution is -0.131. The minimum Gasteiger partial charge on any atom is -0.494 e. The molecule has 0 spiro atoms. The third kappa shape index (κ3) is 4.27. The topological polar surface area (TPSA) is 81.7 Å². The maximum absolute atomic E-state index is 14.1. The number of amides is 2. The van der Waals surface area contributed by atoms with Gasteiger partial charge in [-0.3, -0.25) is 9.59 Å². The van der Waals surface area contributed by atoms with Crippen LogP contribution in [0.3, 0.4) is 0 Å². The molecule has 0 unspecified atom stereocenters. The van der Waals surface area contributed by atoms with Crippen molar-refractivity contribution < 1.29 is 19.1 Å². The number of carbonyl (C=O) groups excluding carboxylic acids is 2. The molecular weight excluding hydrogens is 393 g/mol. The Morgan fingerprint density at radius 2 is 1.90 bits per heavy atom. The summed E-state index contributed by atoms with van der Waals surface area (Å²) >= 11 is 4.74. The zero-order valence-corrected chi connectivity index (χ0v) is 16.5. The van der Waals surface area contributed by atoms with Crippen LogP contribution in [0.25, 0.3) is 0 Å². The van der Waals surface area contributed by atoms with Crippen molar-refractivity contribution in [2.75, 3.05) is 11.9 Å². The Kier molecular flexibility index (Phi) is 6.23. The third-order valence-electron chi connectivity index (χ3n) is 4.78. The van der Waals surface area contributed by atoms with Crippen LogP contribution >= 0.6 is 12.2 Å². The second-order valence-corrected chi connectivity index (χ2v) is 6.76. The molecule has 0 fully saturated rings. The number of rotatable bonds is 5. The molecule has 2 aromatic carbocycles. The molecule has 29 heavy (non-hydrogen) atoms. The van der Waals surface area contributed by atoms with Gasteiger partial charge < -0.3 is 20.6 Å². The smallest absolute Gasteiger partial charge is 0.259 e. The van der Waals surface area contributed by atoms with Crippen LogP contribution < -0.4 is 10.6 Å². The number of thiocarbonyl (C=S) groups is 1. The van der Waals surface area contributed by atoms with Crippen LogP contribution in [-0.4, -0.2) is 33.9 Å². The van der Waals surface area contributed by atoms with E-state index in [1.165, 1.54) is 30.0 Å². The lowest BCUT2D eigenvalue weighted by Crippen LogP contribution is -2.43. The summed E-state index contributed by atoms with van der Waals surface area (Å²) in [6, 6.07) is 12.2. The summed E-state index contributed by atoms with van der Waals surface area (Å²) in [6.45, 7) is 1.77. The maximum atomic E-state index is 14.1. The number of para-hydroxylation sites is 1. The zero-order valence-electron chi connectivity index (χ0n) is 15.7. The quantitative estimate of drug-likeness (QED) is 0.398. The summed E-state index contributed by atoms with van der Waals surface area (Å²) in [7, 11) is 0. The van der Waals surface area contributed by atoms with Gasteiger partial charge in [0.05, 0.1) is 17.2 Å². The molecule has 6 nitrogen and oxygen atoms in total. The van der Waals surface area contributed by atoms with Crippen molar-refractivity contribution in [3.8, 4) is 0 Å². The van der Waals surface area contributed by atoms with E-state index in [1.807, 2.05) is 12.1 Å². The fraction of sp³-hybridized carbons (Fsp3) is 0.190. The van der Waals surface area contributed by atoms with Crippen LogP contribution in [-0.2, 0) is 16.0 Å². The molecule has 1 aliphatic heterocycles. The highest BCUT2D eigenvalue weighted by Crippen LogP contribution is 2.36. The highest BCUT2D eigenvalue weighted by molar-refractivity contribution is 7.78. The monoisotopic (exact) mass is 413 g/mol. The van der Waals surface area contributed by atoms with E-state index in [4.69, 9.17) is 12.2 Å². The first-order valence-electron chi connectivity index (χ1n) is 8.98. The summed E-state index contributed by atoms with van der Waals surface area (Å²) < 4.78 is 14.1. The molecule has 0 radical (unpaired) electrons. The van der Waals surface area contributed by atoms with Crippen molar-refractivity contribution in [1.29, 1.82) is 0 Å². The fourth-order valence-electron chi connectivity index (χ4n) is 3.46. The van der Waals surface area contributed by atoms with Gasteiger partial charge in [-0.2, -0.15) is 0 Å². The number of carbonyl (C=O) groups is 2. The lowest BCUT2D eigenvalue weighted by Gasteiger charge is -2.37. The normalized spacial score (nSPS) is 16.3. The Labute approximate surface area is 173 Å². The SMILES string of the molecule is CC(=O)N1CCc2ccccc2[C@H]1/C(C(=O)Nc1ccccc1F)=C(\O)NC=S. The zero-order chi connectivity index (χ0) is 21.0. The van der Waals surface area contributed by atoms with E-state index in [9.17, 15) is 19.1 Å². The van der Waals surface area contributed by atoms with E-state index >= 15 is 0 Å². The summed E-state index contributed by atoms with van der Waals surface area (Å²) in [6.07, 6.45) is 0.621. The van der Waals surface area contributed by atoms with Gasteiger partial charge in [0, 0.05) is 13.5 Å². The number of anilines is 1. The van der Waals surface area contributed by atoms with E-state index in [1.54, 1.807) is 18.2 Å². The molecule has 3 rings (SSSR count). The Bertz CT molecular complexity index is 993. The van der Waals surface area contributed by atoms with Crippen molar-refractivity contribution in [1.82, 2.24) is 10.2 Å². The predicted molar refractivity (Wildman–Crippen MR) is 112 cm³/mol. The molecule has 2 aromatic rings. The Balaban J connectivity index is 2.12.